The van der Waals surface area contributed by atoms with Gasteiger partial charge >= 0.3 is 0 Å². The second-order valence-electron chi connectivity index (χ2n) is 7.81. The number of aryl methyl sites for hydroxylation is 1. The first-order valence-electron chi connectivity index (χ1n) is 8.93. The first kappa shape index (κ1) is 18.8. The maximum Gasteiger partial charge on any atom is 0.273 e. The Morgan fingerprint density at radius 2 is 1.70 bits per heavy atom. The Labute approximate surface area is 158 Å². The minimum absolute atomic E-state index is 0.136. The summed E-state index contributed by atoms with van der Waals surface area (Å²) in [5.74, 6) is -0.510. The second-order valence-corrected chi connectivity index (χ2v) is 7.81. The van der Waals surface area contributed by atoms with Gasteiger partial charge in [0, 0.05) is 31.0 Å². The molecule has 3 rings (SSSR count). The van der Waals surface area contributed by atoms with E-state index in [1.807, 2.05) is 20.8 Å². The zero-order valence-corrected chi connectivity index (χ0v) is 16.1. The van der Waals surface area contributed by atoms with Crippen LogP contribution < -0.4 is 5.32 Å². The summed E-state index contributed by atoms with van der Waals surface area (Å²) < 4.78 is 1.58. The minimum atomic E-state index is -0.238. The SMILES string of the molecule is Cn1nc(C(C)(C)C)cc1C(=O)Nc1ccc(CN2C(=O)CCC2=O)cc1. The van der Waals surface area contributed by atoms with Gasteiger partial charge in [-0.25, -0.2) is 0 Å². The lowest BCUT2D eigenvalue weighted by Gasteiger charge is -2.14. The van der Waals surface area contributed by atoms with Gasteiger partial charge in [0.05, 0.1) is 12.2 Å². The van der Waals surface area contributed by atoms with Gasteiger partial charge in [-0.05, 0) is 23.8 Å². The number of carbonyl (C=O) groups is 3. The number of hydrogen-bond acceptors (Lipinski definition) is 4. The smallest absolute Gasteiger partial charge is 0.273 e. The van der Waals surface area contributed by atoms with Gasteiger partial charge in [-0.2, -0.15) is 5.10 Å². The molecule has 1 aliphatic rings. The molecular formula is C20H24N4O3. The second kappa shape index (κ2) is 6.98. The minimum Gasteiger partial charge on any atom is -0.321 e. The molecule has 2 aromatic rings. The molecule has 2 heterocycles. The Morgan fingerprint density at radius 3 is 2.22 bits per heavy atom. The maximum atomic E-state index is 12.6. The molecule has 1 aromatic carbocycles. The molecule has 1 N–H and O–H groups in total. The predicted octanol–water partition coefficient (Wildman–Crippen LogP) is 2.62. The molecule has 1 fully saturated rings. The topological polar surface area (TPSA) is 84.3 Å². The summed E-state index contributed by atoms with van der Waals surface area (Å²) in [7, 11) is 1.75. The van der Waals surface area contributed by atoms with Crippen LogP contribution in [0.4, 0.5) is 5.69 Å². The van der Waals surface area contributed by atoms with Crippen molar-refractivity contribution in [3.8, 4) is 0 Å². The molecular weight excluding hydrogens is 344 g/mol. The lowest BCUT2D eigenvalue weighted by molar-refractivity contribution is -0.139. The average molecular weight is 368 g/mol. The van der Waals surface area contributed by atoms with Crippen LogP contribution in [0.1, 0.15) is 55.4 Å². The molecule has 0 bridgehead atoms. The van der Waals surface area contributed by atoms with Crippen LogP contribution in [0.2, 0.25) is 0 Å². The summed E-state index contributed by atoms with van der Waals surface area (Å²) in [5.41, 5.74) is 2.68. The maximum absolute atomic E-state index is 12.6. The highest BCUT2D eigenvalue weighted by atomic mass is 16.2. The number of anilines is 1. The van der Waals surface area contributed by atoms with Crippen molar-refractivity contribution in [2.75, 3.05) is 5.32 Å². The third-order valence-electron chi connectivity index (χ3n) is 4.59. The van der Waals surface area contributed by atoms with E-state index in [9.17, 15) is 14.4 Å². The van der Waals surface area contributed by atoms with Crippen LogP contribution in [0.25, 0.3) is 0 Å². The standard InChI is InChI=1S/C20H24N4O3/c1-20(2,3)16-11-15(23(4)22-16)19(27)21-14-7-5-13(6-8-14)12-24-17(25)9-10-18(24)26/h5-8,11H,9-10,12H2,1-4H3,(H,21,27). The van der Waals surface area contributed by atoms with E-state index in [0.717, 1.165) is 11.3 Å². The summed E-state index contributed by atoms with van der Waals surface area (Å²) >= 11 is 0. The summed E-state index contributed by atoms with van der Waals surface area (Å²) in [6.07, 6.45) is 0.572. The highest BCUT2D eigenvalue weighted by Gasteiger charge is 2.28. The van der Waals surface area contributed by atoms with Gasteiger partial charge in [-0.15, -0.1) is 0 Å². The summed E-state index contributed by atoms with van der Waals surface area (Å²) in [6.45, 7) is 6.41. The van der Waals surface area contributed by atoms with E-state index in [2.05, 4.69) is 10.4 Å². The molecule has 142 valence electrons. The van der Waals surface area contributed by atoms with Gasteiger partial charge < -0.3 is 5.32 Å². The van der Waals surface area contributed by atoms with E-state index >= 15 is 0 Å². The van der Waals surface area contributed by atoms with Crippen molar-refractivity contribution in [1.29, 1.82) is 0 Å². The number of amides is 3. The van der Waals surface area contributed by atoms with E-state index < -0.39 is 0 Å². The Morgan fingerprint density at radius 1 is 1.11 bits per heavy atom. The van der Waals surface area contributed by atoms with E-state index in [1.54, 1.807) is 42.1 Å². The Hall–Kier alpha value is -2.96. The van der Waals surface area contributed by atoms with Gasteiger partial charge in [-0.1, -0.05) is 32.9 Å². The molecule has 0 radical (unpaired) electrons. The molecule has 7 nitrogen and oxygen atoms in total. The van der Waals surface area contributed by atoms with E-state index in [0.29, 0.717) is 11.4 Å². The predicted molar refractivity (Wildman–Crippen MR) is 101 cm³/mol. The quantitative estimate of drug-likeness (QED) is 0.841. The third kappa shape index (κ3) is 4.07. The lowest BCUT2D eigenvalue weighted by atomic mass is 9.92. The van der Waals surface area contributed by atoms with Crippen LogP contribution >= 0.6 is 0 Å². The van der Waals surface area contributed by atoms with Crippen LogP contribution in [-0.4, -0.2) is 32.4 Å². The Bertz CT molecular complexity index is 875. The van der Waals surface area contributed by atoms with Crippen molar-refractivity contribution in [3.05, 3.63) is 47.3 Å². The lowest BCUT2D eigenvalue weighted by Crippen LogP contribution is -2.28. The van der Waals surface area contributed by atoms with Gasteiger partial charge in [0.25, 0.3) is 5.91 Å². The fraction of sp³-hybridized carbons (Fsp3) is 0.400. The summed E-state index contributed by atoms with van der Waals surface area (Å²) in [5, 5.41) is 7.27. The van der Waals surface area contributed by atoms with Crippen LogP contribution in [-0.2, 0) is 28.6 Å². The van der Waals surface area contributed by atoms with Crippen LogP contribution in [0, 0.1) is 0 Å². The van der Waals surface area contributed by atoms with Gasteiger partial charge in [-0.3, -0.25) is 24.0 Å². The van der Waals surface area contributed by atoms with E-state index in [-0.39, 0.29) is 42.5 Å². The normalized spacial score (nSPS) is 14.7. The first-order chi connectivity index (χ1) is 12.6. The molecule has 1 saturated heterocycles. The van der Waals surface area contributed by atoms with Crippen molar-refractivity contribution >= 4 is 23.4 Å². The molecule has 1 aliphatic heterocycles. The van der Waals surface area contributed by atoms with Crippen LogP contribution in [0.3, 0.4) is 0 Å². The molecule has 0 aliphatic carbocycles. The van der Waals surface area contributed by atoms with Gasteiger partial charge in [0.1, 0.15) is 5.69 Å². The fourth-order valence-electron chi connectivity index (χ4n) is 2.92. The summed E-state index contributed by atoms with van der Waals surface area (Å²) in [4.78, 5) is 37.2. The van der Waals surface area contributed by atoms with Gasteiger partial charge in [0.15, 0.2) is 0 Å². The number of nitrogens with one attached hydrogen (secondary N) is 1. The van der Waals surface area contributed by atoms with Crippen LogP contribution in [0.15, 0.2) is 30.3 Å². The average Bonchev–Trinajstić information content (AvgIpc) is 3.14. The fourth-order valence-corrected chi connectivity index (χ4v) is 2.92. The Balaban J connectivity index is 1.68. The number of aromatic nitrogens is 2. The molecule has 1 aromatic heterocycles. The van der Waals surface area contributed by atoms with E-state index in [1.165, 1.54) is 4.90 Å². The number of benzene rings is 1. The molecule has 0 spiro atoms. The largest absolute Gasteiger partial charge is 0.321 e. The van der Waals surface area contributed by atoms with Gasteiger partial charge in [0.2, 0.25) is 11.8 Å². The van der Waals surface area contributed by atoms with Crippen molar-refractivity contribution in [2.45, 2.75) is 45.6 Å². The van der Waals surface area contributed by atoms with E-state index in [4.69, 9.17) is 0 Å². The first-order valence-corrected chi connectivity index (χ1v) is 8.93. The monoisotopic (exact) mass is 368 g/mol. The van der Waals surface area contributed by atoms with Crippen LogP contribution in [0.5, 0.6) is 0 Å². The molecule has 0 atom stereocenters. The number of rotatable bonds is 4. The number of carbonyl (C=O) groups excluding carboxylic acids is 3. The number of nitrogens with zero attached hydrogens (tertiary/aromatic N) is 3. The van der Waals surface area contributed by atoms with Crippen molar-refractivity contribution in [1.82, 2.24) is 14.7 Å². The number of hydrogen-bond donors (Lipinski definition) is 1. The van der Waals surface area contributed by atoms with Crippen molar-refractivity contribution < 1.29 is 14.4 Å². The zero-order valence-electron chi connectivity index (χ0n) is 16.1. The molecule has 3 amide bonds. The van der Waals surface area contributed by atoms with Crippen molar-refractivity contribution in [2.24, 2.45) is 7.05 Å². The molecule has 0 unspecified atom stereocenters. The highest BCUT2D eigenvalue weighted by Crippen LogP contribution is 2.22. The molecule has 27 heavy (non-hydrogen) atoms. The third-order valence-corrected chi connectivity index (χ3v) is 4.59. The highest BCUT2D eigenvalue weighted by molar-refractivity contribution is 6.03. The Kier molecular flexibility index (Phi) is 4.87. The molecule has 7 heteroatoms. The number of imide groups is 1. The number of likely N-dealkylation sites (tertiary alicyclic amines) is 1. The van der Waals surface area contributed by atoms with Crippen molar-refractivity contribution in [3.63, 3.8) is 0 Å². The summed E-state index contributed by atoms with van der Waals surface area (Å²) in [6, 6.07) is 8.93. The zero-order chi connectivity index (χ0) is 19.8. The molecule has 0 saturated carbocycles.